The molecule has 0 aliphatic heterocycles. The molecule has 1 heterocycles. The lowest BCUT2D eigenvalue weighted by Crippen LogP contribution is -2.39. The summed E-state index contributed by atoms with van der Waals surface area (Å²) in [5.74, 6) is 3.23. The van der Waals surface area contributed by atoms with Gasteiger partial charge in [0.25, 0.3) is 0 Å². The minimum absolute atomic E-state index is 0.499. The van der Waals surface area contributed by atoms with E-state index in [9.17, 15) is 0 Å². The molecule has 0 amide bonds. The van der Waals surface area contributed by atoms with Crippen molar-refractivity contribution < 1.29 is 18.6 Å². The molecule has 0 saturated carbocycles. The standard InChI is InChI=1S/C20H29N3O4/c1-21-20(22-10-6-11-26-15-18-7-5-12-27-18)23(2)14-16-8-9-17(24-3)13-19(16)25-4/h5,7-9,12-13H,6,10-11,14-15H2,1-4H3,(H,21,22). The Bertz CT molecular complexity index is 701. The highest BCUT2D eigenvalue weighted by molar-refractivity contribution is 5.79. The van der Waals surface area contributed by atoms with Gasteiger partial charge in [0.1, 0.15) is 23.9 Å². The van der Waals surface area contributed by atoms with Crippen molar-refractivity contribution in [3.63, 3.8) is 0 Å². The molecule has 1 aromatic carbocycles. The monoisotopic (exact) mass is 375 g/mol. The van der Waals surface area contributed by atoms with Gasteiger partial charge in [0, 0.05) is 45.4 Å². The second-order valence-corrected chi connectivity index (χ2v) is 5.99. The summed E-state index contributed by atoms with van der Waals surface area (Å²) in [6.45, 7) is 2.59. The third kappa shape index (κ3) is 6.53. The highest BCUT2D eigenvalue weighted by Crippen LogP contribution is 2.25. The zero-order valence-electron chi connectivity index (χ0n) is 16.5. The normalized spacial score (nSPS) is 11.3. The number of hydrogen-bond donors (Lipinski definition) is 1. The Morgan fingerprint density at radius 3 is 2.74 bits per heavy atom. The Morgan fingerprint density at radius 1 is 1.22 bits per heavy atom. The van der Waals surface area contributed by atoms with Gasteiger partial charge in [-0.3, -0.25) is 4.99 Å². The van der Waals surface area contributed by atoms with E-state index in [-0.39, 0.29) is 0 Å². The van der Waals surface area contributed by atoms with Crippen molar-refractivity contribution in [3.8, 4) is 11.5 Å². The van der Waals surface area contributed by atoms with Gasteiger partial charge in [-0.25, -0.2) is 0 Å². The zero-order valence-corrected chi connectivity index (χ0v) is 16.5. The number of methoxy groups -OCH3 is 2. The first-order valence-electron chi connectivity index (χ1n) is 8.90. The molecule has 0 spiro atoms. The van der Waals surface area contributed by atoms with Crippen LogP contribution in [0.2, 0.25) is 0 Å². The van der Waals surface area contributed by atoms with E-state index in [1.165, 1.54) is 0 Å². The molecule has 0 bridgehead atoms. The summed E-state index contributed by atoms with van der Waals surface area (Å²) in [7, 11) is 7.07. The van der Waals surface area contributed by atoms with E-state index in [2.05, 4.69) is 10.3 Å². The molecule has 0 aliphatic carbocycles. The van der Waals surface area contributed by atoms with Crippen LogP contribution in [0.3, 0.4) is 0 Å². The van der Waals surface area contributed by atoms with Crippen LogP contribution in [0.15, 0.2) is 46.0 Å². The summed E-state index contributed by atoms with van der Waals surface area (Å²) in [6, 6.07) is 9.58. The summed E-state index contributed by atoms with van der Waals surface area (Å²) >= 11 is 0. The molecule has 27 heavy (non-hydrogen) atoms. The van der Waals surface area contributed by atoms with Crippen molar-refractivity contribution in [2.75, 3.05) is 41.5 Å². The SMILES string of the molecule is CN=C(NCCCOCc1ccco1)N(C)Cc1ccc(OC)cc1OC. The number of benzene rings is 1. The maximum atomic E-state index is 5.59. The lowest BCUT2D eigenvalue weighted by molar-refractivity contribution is 0.104. The predicted molar refractivity (Wildman–Crippen MR) is 105 cm³/mol. The minimum Gasteiger partial charge on any atom is -0.497 e. The minimum atomic E-state index is 0.499. The van der Waals surface area contributed by atoms with Crippen LogP contribution in [0.4, 0.5) is 0 Å². The van der Waals surface area contributed by atoms with Gasteiger partial charge in [0.15, 0.2) is 5.96 Å². The number of aliphatic imine (C=N–C) groups is 1. The van der Waals surface area contributed by atoms with E-state index in [1.807, 2.05) is 42.3 Å². The predicted octanol–water partition coefficient (Wildman–Crippen LogP) is 2.91. The summed E-state index contributed by atoms with van der Waals surface area (Å²) in [5, 5.41) is 3.35. The Kier molecular flexibility index (Phi) is 8.51. The van der Waals surface area contributed by atoms with E-state index >= 15 is 0 Å². The van der Waals surface area contributed by atoms with Gasteiger partial charge >= 0.3 is 0 Å². The van der Waals surface area contributed by atoms with E-state index in [4.69, 9.17) is 18.6 Å². The van der Waals surface area contributed by atoms with Gasteiger partial charge in [-0.15, -0.1) is 0 Å². The van der Waals surface area contributed by atoms with Crippen molar-refractivity contribution >= 4 is 5.96 Å². The number of guanidine groups is 1. The number of rotatable bonds is 10. The maximum absolute atomic E-state index is 5.59. The van der Waals surface area contributed by atoms with Crippen LogP contribution in [0.1, 0.15) is 17.7 Å². The fourth-order valence-electron chi connectivity index (χ4n) is 2.64. The average molecular weight is 375 g/mol. The topological polar surface area (TPSA) is 68.5 Å². The van der Waals surface area contributed by atoms with Crippen molar-refractivity contribution in [1.29, 1.82) is 0 Å². The van der Waals surface area contributed by atoms with E-state index < -0.39 is 0 Å². The first-order chi connectivity index (χ1) is 13.2. The second-order valence-electron chi connectivity index (χ2n) is 5.99. The van der Waals surface area contributed by atoms with E-state index in [1.54, 1.807) is 27.5 Å². The van der Waals surface area contributed by atoms with Crippen LogP contribution in [0, 0.1) is 0 Å². The molecule has 0 saturated heterocycles. The number of hydrogen-bond acceptors (Lipinski definition) is 5. The van der Waals surface area contributed by atoms with E-state index in [0.717, 1.165) is 41.7 Å². The Hall–Kier alpha value is -2.67. The zero-order chi connectivity index (χ0) is 19.5. The molecule has 2 rings (SSSR count). The van der Waals surface area contributed by atoms with Gasteiger partial charge in [0.05, 0.1) is 20.5 Å². The largest absolute Gasteiger partial charge is 0.497 e. The third-order valence-corrected chi connectivity index (χ3v) is 4.05. The molecule has 0 unspecified atom stereocenters. The van der Waals surface area contributed by atoms with Gasteiger partial charge < -0.3 is 28.8 Å². The second kappa shape index (κ2) is 11.1. The lowest BCUT2D eigenvalue weighted by Gasteiger charge is -2.23. The Balaban J connectivity index is 1.76. The average Bonchev–Trinajstić information content (AvgIpc) is 3.21. The smallest absolute Gasteiger partial charge is 0.193 e. The summed E-state index contributed by atoms with van der Waals surface area (Å²) in [5.41, 5.74) is 1.06. The van der Waals surface area contributed by atoms with Crippen LogP contribution in [0.25, 0.3) is 0 Å². The first kappa shape index (κ1) is 20.6. The van der Waals surface area contributed by atoms with Gasteiger partial charge in [-0.05, 0) is 30.7 Å². The lowest BCUT2D eigenvalue weighted by atomic mass is 10.2. The molecular formula is C20H29N3O4. The Labute approximate surface area is 160 Å². The molecular weight excluding hydrogens is 346 g/mol. The first-order valence-corrected chi connectivity index (χ1v) is 8.90. The van der Waals surface area contributed by atoms with Crippen molar-refractivity contribution in [1.82, 2.24) is 10.2 Å². The molecule has 0 atom stereocenters. The van der Waals surface area contributed by atoms with Gasteiger partial charge in [-0.1, -0.05) is 0 Å². The van der Waals surface area contributed by atoms with Crippen LogP contribution in [-0.4, -0.2) is 52.3 Å². The molecule has 1 aromatic heterocycles. The van der Waals surface area contributed by atoms with Gasteiger partial charge in [0.2, 0.25) is 0 Å². The quantitative estimate of drug-likeness (QED) is 0.391. The van der Waals surface area contributed by atoms with Crippen molar-refractivity contribution in [3.05, 3.63) is 47.9 Å². The Morgan fingerprint density at radius 2 is 2.07 bits per heavy atom. The van der Waals surface area contributed by atoms with Crippen molar-refractivity contribution in [2.24, 2.45) is 4.99 Å². The van der Waals surface area contributed by atoms with Crippen LogP contribution in [-0.2, 0) is 17.9 Å². The molecule has 7 nitrogen and oxygen atoms in total. The molecule has 0 fully saturated rings. The molecule has 7 heteroatoms. The van der Waals surface area contributed by atoms with E-state index in [0.29, 0.717) is 19.8 Å². The molecule has 2 aromatic rings. The van der Waals surface area contributed by atoms with Crippen LogP contribution < -0.4 is 14.8 Å². The number of ether oxygens (including phenoxy) is 3. The summed E-state index contributed by atoms with van der Waals surface area (Å²) in [6.07, 6.45) is 2.53. The molecule has 1 N–H and O–H groups in total. The maximum Gasteiger partial charge on any atom is 0.193 e. The molecule has 0 aliphatic rings. The van der Waals surface area contributed by atoms with Crippen molar-refractivity contribution in [2.45, 2.75) is 19.6 Å². The summed E-state index contributed by atoms with van der Waals surface area (Å²) in [4.78, 5) is 6.39. The van der Waals surface area contributed by atoms with Crippen LogP contribution >= 0.6 is 0 Å². The summed E-state index contributed by atoms with van der Waals surface area (Å²) < 4.78 is 21.5. The highest BCUT2D eigenvalue weighted by Gasteiger charge is 2.11. The number of nitrogens with zero attached hydrogens (tertiary/aromatic N) is 2. The molecule has 148 valence electrons. The molecule has 0 radical (unpaired) electrons. The highest BCUT2D eigenvalue weighted by atomic mass is 16.5. The fourth-order valence-corrected chi connectivity index (χ4v) is 2.64. The van der Waals surface area contributed by atoms with Crippen LogP contribution in [0.5, 0.6) is 11.5 Å². The number of furan rings is 1. The number of nitrogens with one attached hydrogen (secondary N) is 1. The third-order valence-electron chi connectivity index (χ3n) is 4.05. The fraction of sp³-hybridized carbons (Fsp3) is 0.450. The van der Waals surface area contributed by atoms with Gasteiger partial charge in [-0.2, -0.15) is 0 Å².